The molecule has 0 fully saturated rings. The summed E-state index contributed by atoms with van der Waals surface area (Å²) in [5.41, 5.74) is -0.0733. The third kappa shape index (κ3) is 5.07. The van der Waals surface area contributed by atoms with Crippen LogP contribution in [0.4, 0.5) is 4.39 Å². The number of hydrogen-bond donors (Lipinski definition) is 2. The number of nitrogens with one attached hydrogen (secondary N) is 1. The van der Waals surface area contributed by atoms with Gasteiger partial charge in [-0.2, -0.15) is 0 Å². The molecule has 1 atom stereocenters. The van der Waals surface area contributed by atoms with Crippen LogP contribution >= 0.6 is 0 Å². The summed E-state index contributed by atoms with van der Waals surface area (Å²) in [4.78, 5) is 22.6. The van der Waals surface area contributed by atoms with Gasteiger partial charge < -0.3 is 10.4 Å². The molecule has 1 aromatic rings. The zero-order valence-corrected chi connectivity index (χ0v) is 11.1. The van der Waals surface area contributed by atoms with E-state index < -0.39 is 11.5 Å². The second kappa shape index (κ2) is 6.31. The highest BCUT2D eigenvalue weighted by molar-refractivity contribution is 5.80. The van der Waals surface area contributed by atoms with Crippen LogP contribution < -0.4 is 5.32 Å². The van der Waals surface area contributed by atoms with Crippen molar-refractivity contribution in [2.75, 3.05) is 0 Å². The van der Waals surface area contributed by atoms with Crippen LogP contribution in [-0.4, -0.2) is 22.5 Å². The molecular weight excluding hydrogens is 249 g/mol. The summed E-state index contributed by atoms with van der Waals surface area (Å²) in [6.45, 7) is 3.52. The van der Waals surface area contributed by atoms with E-state index in [1.165, 1.54) is 24.3 Å². The lowest BCUT2D eigenvalue weighted by molar-refractivity contribution is -0.139. The Labute approximate surface area is 111 Å². The Morgan fingerprint density at radius 2 is 1.89 bits per heavy atom. The maximum atomic E-state index is 12.7. The zero-order valence-electron chi connectivity index (χ0n) is 11.1. The zero-order chi connectivity index (χ0) is 14.5. The average molecular weight is 267 g/mol. The molecule has 0 saturated carbocycles. The number of carboxylic acid groups (broad SMARTS) is 1. The number of aliphatic carboxylic acids is 1. The second-order valence-electron chi connectivity index (χ2n) is 4.84. The van der Waals surface area contributed by atoms with E-state index in [1.54, 1.807) is 6.92 Å². The molecule has 19 heavy (non-hydrogen) atoms. The minimum atomic E-state index is -0.952. The van der Waals surface area contributed by atoms with E-state index in [0.29, 0.717) is 12.0 Å². The van der Waals surface area contributed by atoms with E-state index in [1.807, 2.05) is 6.92 Å². The molecule has 0 aliphatic rings. The summed E-state index contributed by atoms with van der Waals surface area (Å²) < 4.78 is 12.7. The van der Waals surface area contributed by atoms with Crippen molar-refractivity contribution in [3.63, 3.8) is 0 Å². The molecule has 0 saturated heterocycles. The molecule has 0 aliphatic heterocycles. The van der Waals surface area contributed by atoms with E-state index in [2.05, 4.69) is 5.32 Å². The van der Waals surface area contributed by atoms with E-state index >= 15 is 0 Å². The van der Waals surface area contributed by atoms with E-state index in [9.17, 15) is 14.0 Å². The van der Waals surface area contributed by atoms with Gasteiger partial charge in [0, 0.05) is 5.54 Å². The van der Waals surface area contributed by atoms with Crippen molar-refractivity contribution >= 4 is 11.9 Å². The minimum absolute atomic E-state index is 0.107. The number of carbonyl (C=O) groups is 2. The number of benzene rings is 1. The fourth-order valence-corrected chi connectivity index (χ4v) is 1.76. The van der Waals surface area contributed by atoms with Gasteiger partial charge in [0.05, 0.1) is 12.8 Å². The lowest BCUT2D eigenvalue weighted by atomic mass is 9.94. The molecule has 4 nitrogen and oxygen atoms in total. The summed E-state index contributed by atoms with van der Waals surface area (Å²) >= 11 is 0. The Morgan fingerprint density at radius 1 is 1.32 bits per heavy atom. The van der Waals surface area contributed by atoms with Crippen LogP contribution in [0.3, 0.4) is 0 Å². The number of hydrogen-bond acceptors (Lipinski definition) is 2. The molecule has 5 heteroatoms. The number of amides is 1. The fourth-order valence-electron chi connectivity index (χ4n) is 1.76. The number of halogens is 1. The quantitative estimate of drug-likeness (QED) is 0.829. The van der Waals surface area contributed by atoms with Gasteiger partial charge in [-0.1, -0.05) is 19.1 Å². The van der Waals surface area contributed by atoms with Crippen LogP contribution in [0.15, 0.2) is 24.3 Å². The molecule has 1 rings (SSSR count). The first-order chi connectivity index (χ1) is 8.84. The van der Waals surface area contributed by atoms with Gasteiger partial charge in [0.25, 0.3) is 0 Å². The summed E-state index contributed by atoms with van der Waals surface area (Å²) in [5, 5.41) is 11.5. The Kier molecular flexibility index (Phi) is 5.03. The van der Waals surface area contributed by atoms with Crippen molar-refractivity contribution in [1.82, 2.24) is 5.32 Å². The number of carbonyl (C=O) groups excluding carboxylic acids is 1. The molecule has 0 aromatic heterocycles. The highest BCUT2D eigenvalue weighted by Crippen LogP contribution is 2.15. The summed E-state index contributed by atoms with van der Waals surface area (Å²) in [7, 11) is 0. The summed E-state index contributed by atoms with van der Waals surface area (Å²) in [6, 6.07) is 5.66. The first-order valence-electron chi connectivity index (χ1n) is 6.12. The highest BCUT2D eigenvalue weighted by atomic mass is 19.1. The molecule has 0 aliphatic carbocycles. The van der Waals surface area contributed by atoms with Crippen molar-refractivity contribution in [2.45, 2.75) is 38.6 Å². The lowest BCUT2D eigenvalue weighted by Crippen LogP contribution is -2.47. The van der Waals surface area contributed by atoms with E-state index in [-0.39, 0.29) is 24.6 Å². The van der Waals surface area contributed by atoms with Crippen LogP contribution in [-0.2, 0) is 16.0 Å². The predicted octanol–water partition coefficient (Wildman–Crippen LogP) is 2.13. The number of rotatable bonds is 6. The van der Waals surface area contributed by atoms with Gasteiger partial charge in [-0.25, -0.2) is 4.39 Å². The van der Waals surface area contributed by atoms with Crippen molar-refractivity contribution in [3.05, 3.63) is 35.6 Å². The van der Waals surface area contributed by atoms with Crippen LogP contribution in [0.5, 0.6) is 0 Å². The minimum Gasteiger partial charge on any atom is -0.481 e. The van der Waals surface area contributed by atoms with Gasteiger partial charge in [0.15, 0.2) is 0 Å². The van der Waals surface area contributed by atoms with Gasteiger partial charge in [-0.05, 0) is 31.0 Å². The summed E-state index contributed by atoms with van der Waals surface area (Å²) in [5.74, 6) is -1.57. The van der Waals surface area contributed by atoms with Gasteiger partial charge in [0.1, 0.15) is 5.82 Å². The molecule has 0 bridgehead atoms. The smallest absolute Gasteiger partial charge is 0.305 e. The molecule has 0 heterocycles. The second-order valence-corrected chi connectivity index (χ2v) is 4.84. The fraction of sp³-hybridized carbons (Fsp3) is 0.429. The predicted molar refractivity (Wildman–Crippen MR) is 69.2 cm³/mol. The SMILES string of the molecule is CCC(C)(CC(=O)O)NC(=O)Cc1ccc(F)cc1. The Morgan fingerprint density at radius 3 is 2.37 bits per heavy atom. The lowest BCUT2D eigenvalue weighted by Gasteiger charge is -2.28. The summed E-state index contributed by atoms with van der Waals surface area (Å²) in [6.07, 6.45) is 0.503. The van der Waals surface area contributed by atoms with Gasteiger partial charge in [-0.3, -0.25) is 9.59 Å². The number of carboxylic acids is 1. The van der Waals surface area contributed by atoms with Crippen molar-refractivity contribution in [3.8, 4) is 0 Å². The van der Waals surface area contributed by atoms with E-state index in [4.69, 9.17) is 5.11 Å². The third-order valence-electron chi connectivity index (χ3n) is 3.04. The Hall–Kier alpha value is -1.91. The molecule has 2 N–H and O–H groups in total. The van der Waals surface area contributed by atoms with Crippen molar-refractivity contribution in [1.29, 1.82) is 0 Å². The molecule has 0 spiro atoms. The normalized spacial score (nSPS) is 13.6. The largest absolute Gasteiger partial charge is 0.481 e. The highest BCUT2D eigenvalue weighted by Gasteiger charge is 2.27. The molecule has 1 unspecified atom stereocenters. The van der Waals surface area contributed by atoms with Crippen LogP contribution in [0.2, 0.25) is 0 Å². The monoisotopic (exact) mass is 267 g/mol. The van der Waals surface area contributed by atoms with Gasteiger partial charge in [0.2, 0.25) is 5.91 Å². The van der Waals surface area contributed by atoms with Crippen LogP contribution in [0.25, 0.3) is 0 Å². The standard InChI is InChI=1S/C14H18FNO3/c1-3-14(2,9-13(18)19)16-12(17)8-10-4-6-11(15)7-5-10/h4-7H,3,8-9H2,1-2H3,(H,16,17)(H,18,19). The Bertz CT molecular complexity index is 458. The topological polar surface area (TPSA) is 66.4 Å². The van der Waals surface area contributed by atoms with Gasteiger partial charge in [-0.15, -0.1) is 0 Å². The van der Waals surface area contributed by atoms with Crippen molar-refractivity contribution in [2.24, 2.45) is 0 Å². The molecular formula is C14H18FNO3. The molecule has 1 amide bonds. The maximum absolute atomic E-state index is 12.7. The van der Waals surface area contributed by atoms with Crippen molar-refractivity contribution < 1.29 is 19.1 Å². The average Bonchev–Trinajstić information content (AvgIpc) is 2.31. The first-order valence-corrected chi connectivity index (χ1v) is 6.12. The Balaban J connectivity index is 2.63. The molecule has 1 aromatic carbocycles. The maximum Gasteiger partial charge on any atom is 0.305 e. The molecule has 0 radical (unpaired) electrons. The van der Waals surface area contributed by atoms with Crippen LogP contribution in [0, 0.1) is 5.82 Å². The van der Waals surface area contributed by atoms with Crippen LogP contribution in [0.1, 0.15) is 32.3 Å². The van der Waals surface area contributed by atoms with Gasteiger partial charge >= 0.3 is 5.97 Å². The first kappa shape index (κ1) is 15.1. The molecule has 104 valence electrons. The van der Waals surface area contributed by atoms with E-state index in [0.717, 1.165) is 0 Å². The third-order valence-corrected chi connectivity index (χ3v) is 3.04.